The predicted octanol–water partition coefficient (Wildman–Crippen LogP) is 1.64. The zero-order valence-electron chi connectivity index (χ0n) is 11.3. The second kappa shape index (κ2) is 6.34. The van der Waals surface area contributed by atoms with Crippen LogP contribution in [0.1, 0.15) is 25.7 Å². The first-order chi connectivity index (χ1) is 9.20. The van der Waals surface area contributed by atoms with E-state index in [4.69, 9.17) is 4.74 Å². The number of hydrogen-bond acceptors (Lipinski definition) is 6. The molecule has 0 saturated heterocycles. The normalized spacial score (nSPS) is 26.9. The van der Waals surface area contributed by atoms with Crippen molar-refractivity contribution in [1.29, 1.82) is 0 Å². The maximum absolute atomic E-state index is 12.0. The zero-order chi connectivity index (χ0) is 13.7. The SMILES string of the molecule is CNC1(C(=O)OC)CCCC(Sc2cnccn2)C1. The second-order valence-corrected chi connectivity index (χ2v) is 6.02. The van der Waals surface area contributed by atoms with Gasteiger partial charge in [0, 0.05) is 17.6 Å². The van der Waals surface area contributed by atoms with Crippen molar-refractivity contribution in [3.05, 3.63) is 18.6 Å². The van der Waals surface area contributed by atoms with Gasteiger partial charge >= 0.3 is 5.97 Å². The van der Waals surface area contributed by atoms with Crippen LogP contribution in [-0.2, 0) is 9.53 Å². The molecule has 0 aliphatic heterocycles. The molecule has 6 heteroatoms. The molecule has 0 spiro atoms. The topological polar surface area (TPSA) is 64.1 Å². The van der Waals surface area contributed by atoms with Crippen molar-refractivity contribution in [1.82, 2.24) is 15.3 Å². The fourth-order valence-electron chi connectivity index (χ4n) is 2.55. The van der Waals surface area contributed by atoms with Gasteiger partial charge in [-0.2, -0.15) is 0 Å². The van der Waals surface area contributed by atoms with Gasteiger partial charge in [0.05, 0.1) is 13.3 Å². The highest BCUT2D eigenvalue weighted by Crippen LogP contribution is 2.37. The van der Waals surface area contributed by atoms with Gasteiger partial charge < -0.3 is 10.1 Å². The van der Waals surface area contributed by atoms with Gasteiger partial charge in [-0.15, -0.1) is 11.8 Å². The Kier molecular flexibility index (Phi) is 4.76. The number of thioether (sulfide) groups is 1. The first-order valence-electron chi connectivity index (χ1n) is 6.40. The first kappa shape index (κ1) is 14.3. The van der Waals surface area contributed by atoms with Crippen LogP contribution in [0, 0.1) is 0 Å². The van der Waals surface area contributed by atoms with E-state index in [1.54, 1.807) is 30.4 Å². The molecule has 19 heavy (non-hydrogen) atoms. The number of carbonyl (C=O) groups excluding carboxylic acids is 1. The largest absolute Gasteiger partial charge is 0.468 e. The molecule has 2 rings (SSSR count). The Morgan fingerprint density at radius 2 is 2.42 bits per heavy atom. The summed E-state index contributed by atoms with van der Waals surface area (Å²) < 4.78 is 4.94. The molecule has 5 nitrogen and oxygen atoms in total. The van der Waals surface area contributed by atoms with Crippen molar-refractivity contribution in [2.24, 2.45) is 0 Å². The van der Waals surface area contributed by atoms with E-state index in [0.29, 0.717) is 5.25 Å². The molecule has 0 amide bonds. The van der Waals surface area contributed by atoms with Gasteiger partial charge in [0.1, 0.15) is 10.6 Å². The summed E-state index contributed by atoms with van der Waals surface area (Å²) in [5, 5.41) is 4.43. The van der Waals surface area contributed by atoms with E-state index in [2.05, 4.69) is 15.3 Å². The van der Waals surface area contributed by atoms with Crippen LogP contribution in [0.3, 0.4) is 0 Å². The van der Waals surface area contributed by atoms with E-state index in [-0.39, 0.29) is 5.97 Å². The number of hydrogen-bond donors (Lipinski definition) is 1. The molecular formula is C13H19N3O2S. The molecule has 0 bridgehead atoms. The molecule has 1 aliphatic carbocycles. The average molecular weight is 281 g/mol. The van der Waals surface area contributed by atoms with Crippen molar-refractivity contribution in [2.45, 2.75) is 41.5 Å². The Morgan fingerprint density at radius 1 is 1.58 bits per heavy atom. The summed E-state index contributed by atoms with van der Waals surface area (Å²) in [6, 6.07) is 0. The Balaban J connectivity index is 2.06. The summed E-state index contributed by atoms with van der Waals surface area (Å²) in [6.45, 7) is 0. The minimum Gasteiger partial charge on any atom is -0.468 e. The Hall–Kier alpha value is -1.14. The van der Waals surface area contributed by atoms with Gasteiger partial charge in [0.2, 0.25) is 0 Å². The van der Waals surface area contributed by atoms with Gasteiger partial charge in [0.15, 0.2) is 0 Å². The minimum atomic E-state index is -0.549. The van der Waals surface area contributed by atoms with E-state index in [9.17, 15) is 4.79 Å². The van der Waals surface area contributed by atoms with Crippen molar-refractivity contribution in [2.75, 3.05) is 14.2 Å². The van der Waals surface area contributed by atoms with Gasteiger partial charge in [0.25, 0.3) is 0 Å². The third-order valence-electron chi connectivity index (χ3n) is 3.59. The predicted molar refractivity (Wildman–Crippen MR) is 74.0 cm³/mol. The molecule has 1 aromatic heterocycles. The maximum atomic E-state index is 12.0. The fraction of sp³-hybridized carbons (Fsp3) is 0.615. The van der Waals surface area contributed by atoms with Crippen LogP contribution in [0.4, 0.5) is 0 Å². The standard InChI is InChI=1S/C13H19N3O2S/c1-14-13(12(17)18-2)5-3-4-10(8-13)19-11-9-15-6-7-16-11/h6-7,9-10,14H,3-5,8H2,1-2H3. The van der Waals surface area contributed by atoms with Crippen LogP contribution in [-0.4, -0.2) is 40.9 Å². The lowest BCUT2D eigenvalue weighted by molar-refractivity contribution is -0.149. The number of carbonyl (C=O) groups is 1. The fourth-order valence-corrected chi connectivity index (χ4v) is 3.79. The molecule has 1 aliphatic rings. The molecule has 1 heterocycles. The van der Waals surface area contributed by atoms with E-state index in [0.717, 1.165) is 30.7 Å². The van der Waals surface area contributed by atoms with Crippen LogP contribution < -0.4 is 5.32 Å². The third-order valence-corrected chi connectivity index (χ3v) is 4.78. The molecule has 0 radical (unpaired) electrons. The number of ether oxygens (including phenoxy) is 1. The number of rotatable bonds is 4. The number of methoxy groups -OCH3 is 1. The summed E-state index contributed by atoms with van der Waals surface area (Å²) in [5.41, 5.74) is -0.549. The van der Waals surface area contributed by atoms with Crippen LogP contribution in [0.15, 0.2) is 23.6 Å². The van der Waals surface area contributed by atoms with Crippen LogP contribution in [0.5, 0.6) is 0 Å². The lowest BCUT2D eigenvalue weighted by Gasteiger charge is -2.37. The average Bonchev–Trinajstić information content (AvgIpc) is 2.47. The first-order valence-corrected chi connectivity index (χ1v) is 7.28. The maximum Gasteiger partial charge on any atom is 0.326 e. The van der Waals surface area contributed by atoms with Crippen LogP contribution >= 0.6 is 11.8 Å². The highest BCUT2D eigenvalue weighted by molar-refractivity contribution is 7.99. The van der Waals surface area contributed by atoms with E-state index in [1.807, 2.05) is 7.05 Å². The summed E-state index contributed by atoms with van der Waals surface area (Å²) in [5.74, 6) is -0.167. The number of nitrogens with zero attached hydrogens (tertiary/aromatic N) is 2. The smallest absolute Gasteiger partial charge is 0.326 e. The molecule has 1 saturated carbocycles. The summed E-state index contributed by atoms with van der Waals surface area (Å²) in [7, 11) is 3.27. The van der Waals surface area contributed by atoms with Gasteiger partial charge in [-0.1, -0.05) is 0 Å². The summed E-state index contributed by atoms with van der Waals surface area (Å²) >= 11 is 1.69. The van der Waals surface area contributed by atoms with Crippen molar-refractivity contribution in [3.63, 3.8) is 0 Å². The number of aromatic nitrogens is 2. The second-order valence-electron chi connectivity index (χ2n) is 4.70. The third kappa shape index (κ3) is 3.25. The van der Waals surface area contributed by atoms with Crippen molar-refractivity contribution >= 4 is 17.7 Å². The van der Waals surface area contributed by atoms with Gasteiger partial charge in [-0.3, -0.25) is 9.78 Å². The molecule has 2 atom stereocenters. The molecule has 1 aromatic rings. The van der Waals surface area contributed by atoms with E-state index >= 15 is 0 Å². The van der Waals surface area contributed by atoms with E-state index < -0.39 is 5.54 Å². The Labute approximate surface area is 117 Å². The monoisotopic (exact) mass is 281 g/mol. The van der Waals surface area contributed by atoms with Gasteiger partial charge in [-0.05, 0) is 32.7 Å². The quantitative estimate of drug-likeness (QED) is 0.847. The summed E-state index contributed by atoms with van der Waals surface area (Å²) in [4.78, 5) is 20.3. The highest BCUT2D eigenvalue weighted by Gasteiger charge is 2.42. The van der Waals surface area contributed by atoms with Crippen molar-refractivity contribution < 1.29 is 9.53 Å². The Morgan fingerprint density at radius 3 is 3.05 bits per heavy atom. The van der Waals surface area contributed by atoms with Crippen LogP contribution in [0.25, 0.3) is 0 Å². The summed E-state index contributed by atoms with van der Waals surface area (Å²) in [6.07, 6.45) is 8.80. The minimum absolute atomic E-state index is 0.167. The number of esters is 1. The number of nitrogens with one attached hydrogen (secondary N) is 1. The highest BCUT2D eigenvalue weighted by atomic mass is 32.2. The van der Waals surface area contributed by atoms with Crippen LogP contribution in [0.2, 0.25) is 0 Å². The number of likely N-dealkylation sites (N-methyl/N-ethyl adjacent to an activating group) is 1. The molecule has 2 unspecified atom stereocenters. The molecule has 104 valence electrons. The van der Waals surface area contributed by atoms with Crippen molar-refractivity contribution in [3.8, 4) is 0 Å². The lowest BCUT2D eigenvalue weighted by atomic mass is 9.81. The molecular weight excluding hydrogens is 262 g/mol. The lowest BCUT2D eigenvalue weighted by Crippen LogP contribution is -2.54. The molecule has 1 N–H and O–H groups in total. The zero-order valence-corrected chi connectivity index (χ0v) is 12.1. The van der Waals surface area contributed by atoms with E-state index in [1.165, 1.54) is 7.11 Å². The van der Waals surface area contributed by atoms with Gasteiger partial charge in [-0.25, -0.2) is 4.98 Å². The molecule has 1 fully saturated rings. The molecule has 0 aromatic carbocycles. The Bertz CT molecular complexity index is 429.